The predicted molar refractivity (Wildman–Crippen MR) is 82.9 cm³/mol. The number of hydrogen-bond acceptors (Lipinski definition) is 5. The molecule has 0 unspecified atom stereocenters. The normalized spacial score (nSPS) is 11.2. The Kier molecular flexibility index (Phi) is 6.33. The van der Waals surface area contributed by atoms with Crippen LogP contribution in [0.25, 0.3) is 11.3 Å². The van der Waals surface area contributed by atoms with Gasteiger partial charge in [-0.05, 0) is 14.1 Å². The number of hydrogen-bond donors (Lipinski definition) is 2. The van der Waals surface area contributed by atoms with Crippen molar-refractivity contribution in [3.8, 4) is 11.3 Å². The molecule has 0 amide bonds. The summed E-state index contributed by atoms with van der Waals surface area (Å²) in [5.41, 5.74) is 2.90. The second kappa shape index (κ2) is 8.51. The lowest BCUT2D eigenvalue weighted by molar-refractivity contribution is 0.119. The van der Waals surface area contributed by atoms with Gasteiger partial charge in [-0.1, -0.05) is 30.3 Å². The molecule has 0 radical (unpaired) electrons. The van der Waals surface area contributed by atoms with Crippen LogP contribution in [0.4, 0.5) is 0 Å². The first-order valence-electron chi connectivity index (χ1n) is 7.15. The van der Waals surface area contributed by atoms with Crippen molar-refractivity contribution in [3.63, 3.8) is 0 Å². The minimum absolute atomic E-state index is 0.678. The molecule has 1 aromatic carbocycles. The molecular formula is C15H23N5O. The smallest absolute Gasteiger partial charge is 0.117 e. The van der Waals surface area contributed by atoms with E-state index in [-0.39, 0.29) is 0 Å². The highest BCUT2D eigenvalue weighted by Crippen LogP contribution is 2.18. The summed E-state index contributed by atoms with van der Waals surface area (Å²) in [5, 5.41) is 14.4. The van der Waals surface area contributed by atoms with E-state index in [1.54, 1.807) is 0 Å². The molecule has 2 aromatic rings. The molecule has 0 fully saturated rings. The van der Waals surface area contributed by atoms with E-state index in [0.717, 1.165) is 36.6 Å². The van der Waals surface area contributed by atoms with Crippen molar-refractivity contribution in [1.82, 2.24) is 25.6 Å². The highest BCUT2D eigenvalue weighted by atomic mass is 16.5. The van der Waals surface area contributed by atoms with E-state index in [2.05, 4.69) is 25.6 Å². The van der Waals surface area contributed by atoms with Gasteiger partial charge in [-0.15, -0.1) is 0 Å². The van der Waals surface area contributed by atoms with Crippen LogP contribution in [0.2, 0.25) is 0 Å². The predicted octanol–water partition coefficient (Wildman–Crippen LogP) is 1.14. The molecule has 2 N–H and O–H groups in total. The maximum atomic E-state index is 5.53. The minimum atomic E-state index is 0.678. The standard InChI is InChI=1S/C15H23N5O/c1-20(2)9-11-21-10-8-16-12-14-15(18-19-17-14)13-6-4-3-5-7-13/h3-7,16H,8-12H2,1-2H3,(H,17,18,19). The largest absolute Gasteiger partial charge is 0.379 e. The van der Waals surface area contributed by atoms with Gasteiger partial charge in [0.15, 0.2) is 0 Å². The van der Waals surface area contributed by atoms with Gasteiger partial charge in [-0.25, -0.2) is 0 Å². The average molecular weight is 289 g/mol. The van der Waals surface area contributed by atoms with Gasteiger partial charge in [0.25, 0.3) is 0 Å². The van der Waals surface area contributed by atoms with E-state index in [9.17, 15) is 0 Å². The Labute approximate surface area is 125 Å². The van der Waals surface area contributed by atoms with Crippen LogP contribution in [-0.2, 0) is 11.3 Å². The Morgan fingerprint density at radius 2 is 1.95 bits per heavy atom. The molecule has 0 bridgehead atoms. The molecule has 0 aliphatic carbocycles. The SMILES string of the molecule is CN(C)CCOCCNCc1n[nH]nc1-c1ccccc1. The Morgan fingerprint density at radius 3 is 2.71 bits per heavy atom. The second-order valence-corrected chi connectivity index (χ2v) is 5.08. The van der Waals surface area contributed by atoms with Gasteiger partial charge in [-0.2, -0.15) is 15.4 Å². The summed E-state index contributed by atoms with van der Waals surface area (Å²) in [6.45, 7) is 3.88. The summed E-state index contributed by atoms with van der Waals surface area (Å²) in [6.07, 6.45) is 0. The van der Waals surface area contributed by atoms with E-state index in [4.69, 9.17) is 4.74 Å². The molecule has 0 spiro atoms. The summed E-state index contributed by atoms with van der Waals surface area (Å²) >= 11 is 0. The molecular weight excluding hydrogens is 266 g/mol. The lowest BCUT2D eigenvalue weighted by Crippen LogP contribution is -2.23. The number of aromatic nitrogens is 3. The first-order valence-corrected chi connectivity index (χ1v) is 7.15. The van der Waals surface area contributed by atoms with Crippen molar-refractivity contribution in [2.75, 3.05) is 40.4 Å². The van der Waals surface area contributed by atoms with Crippen LogP contribution in [0.15, 0.2) is 30.3 Å². The van der Waals surface area contributed by atoms with Crippen molar-refractivity contribution >= 4 is 0 Å². The first kappa shape index (κ1) is 15.6. The average Bonchev–Trinajstić information content (AvgIpc) is 2.95. The van der Waals surface area contributed by atoms with Gasteiger partial charge in [0, 0.05) is 25.2 Å². The zero-order valence-electron chi connectivity index (χ0n) is 12.7. The fraction of sp³-hybridized carbons (Fsp3) is 0.467. The zero-order chi connectivity index (χ0) is 14.9. The molecule has 6 nitrogen and oxygen atoms in total. The number of aromatic amines is 1. The molecule has 21 heavy (non-hydrogen) atoms. The molecule has 0 atom stereocenters. The van der Waals surface area contributed by atoms with Crippen molar-refractivity contribution in [2.45, 2.75) is 6.54 Å². The van der Waals surface area contributed by atoms with E-state index in [0.29, 0.717) is 13.2 Å². The molecule has 2 rings (SSSR count). The lowest BCUT2D eigenvalue weighted by atomic mass is 10.1. The lowest BCUT2D eigenvalue weighted by Gasteiger charge is -2.10. The molecule has 0 saturated carbocycles. The quantitative estimate of drug-likeness (QED) is 0.678. The fourth-order valence-corrected chi connectivity index (χ4v) is 1.90. The van der Waals surface area contributed by atoms with Crippen molar-refractivity contribution in [1.29, 1.82) is 0 Å². The van der Waals surface area contributed by atoms with Gasteiger partial charge in [0.1, 0.15) is 11.4 Å². The number of rotatable bonds is 9. The maximum Gasteiger partial charge on any atom is 0.117 e. The van der Waals surface area contributed by atoms with E-state index < -0.39 is 0 Å². The van der Waals surface area contributed by atoms with Crippen molar-refractivity contribution in [2.24, 2.45) is 0 Å². The van der Waals surface area contributed by atoms with E-state index >= 15 is 0 Å². The van der Waals surface area contributed by atoms with Crippen molar-refractivity contribution in [3.05, 3.63) is 36.0 Å². The highest BCUT2D eigenvalue weighted by Gasteiger charge is 2.08. The molecule has 0 aliphatic heterocycles. The van der Waals surface area contributed by atoms with Crippen LogP contribution in [0.1, 0.15) is 5.69 Å². The second-order valence-electron chi connectivity index (χ2n) is 5.08. The third-order valence-electron chi connectivity index (χ3n) is 3.07. The van der Waals surface area contributed by atoms with Crippen molar-refractivity contribution < 1.29 is 4.74 Å². The molecule has 1 heterocycles. The highest BCUT2D eigenvalue weighted by molar-refractivity contribution is 5.60. The van der Waals surface area contributed by atoms with Gasteiger partial charge in [-0.3, -0.25) is 0 Å². The van der Waals surface area contributed by atoms with Gasteiger partial charge < -0.3 is 15.0 Å². The number of likely N-dealkylation sites (N-methyl/N-ethyl adjacent to an activating group) is 1. The maximum absolute atomic E-state index is 5.53. The van der Waals surface area contributed by atoms with Gasteiger partial charge >= 0.3 is 0 Å². The fourth-order valence-electron chi connectivity index (χ4n) is 1.90. The van der Waals surface area contributed by atoms with E-state index in [1.165, 1.54) is 0 Å². The zero-order valence-corrected chi connectivity index (χ0v) is 12.7. The first-order chi connectivity index (χ1) is 10.3. The van der Waals surface area contributed by atoms with Crippen LogP contribution < -0.4 is 5.32 Å². The van der Waals surface area contributed by atoms with Crippen LogP contribution in [0.5, 0.6) is 0 Å². The number of H-pyrrole nitrogens is 1. The monoisotopic (exact) mass is 289 g/mol. The molecule has 0 aliphatic rings. The van der Waals surface area contributed by atoms with Gasteiger partial charge in [0.05, 0.1) is 13.2 Å². The molecule has 1 aromatic heterocycles. The molecule has 114 valence electrons. The Morgan fingerprint density at radius 1 is 1.14 bits per heavy atom. The Hall–Kier alpha value is -1.76. The van der Waals surface area contributed by atoms with Crippen LogP contribution in [-0.4, -0.2) is 60.7 Å². The topological polar surface area (TPSA) is 66.1 Å². The molecule has 6 heteroatoms. The summed E-state index contributed by atoms with van der Waals surface area (Å²) < 4.78 is 5.53. The number of ether oxygens (including phenoxy) is 1. The number of nitrogens with zero attached hydrogens (tertiary/aromatic N) is 3. The van der Waals surface area contributed by atoms with Crippen LogP contribution in [0.3, 0.4) is 0 Å². The Bertz CT molecular complexity index is 512. The van der Waals surface area contributed by atoms with Gasteiger partial charge in [0.2, 0.25) is 0 Å². The third kappa shape index (κ3) is 5.26. The minimum Gasteiger partial charge on any atom is -0.379 e. The summed E-state index contributed by atoms with van der Waals surface area (Å²) in [4.78, 5) is 2.11. The number of benzene rings is 1. The molecule has 0 saturated heterocycles. The van der Waals surface area contributed by atoms with E-state index in [1.807, 2.05) is 44.4 Å². The summed E-state index contributed by atoms with van der Waals surface area (Å²) in [7, 11) is 4.08. The third-order valence-corrected chi connectivity index (χ3v) is 3.07. The van der Waals surface area contributed by atoms with Crippen LogP contribution >= 0.6 is 0 Å². The number of nitrogens with one attached hydrogen (secondary N) is 2. The Balaban J connectivity index is 1.71. The summed E-state index contributed by atoms with van der Waals surface area (Å²) in [6, 6.07) is 10.1. The van der Waals surface area contributed by atoms with Crippen LogP contribution in [0, 0.1) is 0 Å². The summed E-state index contributed by atoms with van der Waals surface area (Å²) in [5.74, 6) is 0.